The molecule has 0 spiro atoms. The van der Waals surface area contributed by atoms with Crippen LogP contribution in [0.25, 0.3) is 11.4 Å². The number of piperidine rings is 2. The smallest absolute Gasteiger partial charge is 0.319 e. The summed E-state index contributed by atoms with van der Waals surface area (Å²) in [5.41, 5.74) is 0.573. The molecule has 8 nitrogen and oxygen atoms in total. The van der Waals surface area contributed by atoms with Crippen molar-refractivity contribution in [2.45, 2.75) is 44.4 Å². The second-order valence-electron chi connectivity index (χ2n) is 9.33. The summed E-state index contributed by atoms with van der Waals surface area (Å²) in [4.78, 5) is 36.1. The average molecular weight is 456 g/mol. The molecule has 1 unspecified atom stereocenters. The first-order valence-electron chi connectivity index (χ1n) is 12.0. The van der Waals surface area contributed by atoms with Crippen LogP contribution in [0.1, 0.15) is 50.3 Å². The van der Waals surface area contributed by atoms with E-state index < -0.39 is 0 Å². The minimum absolute atomic E-state index is 0.0191. The van der Waals surface area contributed by atoms with E-state index in [4.69, 9.17) is 4.52 Å². The molecule has 0 N–H and O–H groups in total. The van der Waals surface area contributed by atoms with Gasteiger partial charge in [0.1, 0.15) is 5.82 Å². The molecule has 0 saturated carbocycles. The molecule has 0 radical (unpaired) electrons. The highest BCUT2D eigenvalue weighted by Crippen LogP contribution is 2.30. The van der Waals surface area contributed by atoms with Gasteiger partial charge in [0.2, 0.25) is 17.6 Å². The van der Waals surface area contributed by atoms with Crippen molar-refractivity contribution in [3.8, 4) is 11.4 Å². The third-order valence-corrected chi connectivity index (χ3v) is 7.10. The second kappa shape index (κ2) is 9.49. The van der Waals surface area contributed by atoms with Crippen LogP contribution in [0.15, 0.2) is 28.8 Å². The highest BCUT2D eigenvalue weighted by atomic mass is 19.1. The first-order valence-corrected chi connectivity index (χ1v) is 12.0. The van der Waals surface area contributed by atoms with E-state index in [0.717, 1.165) is 45.3 Å². The van der Waals surface area contributed by atoms with Crippen LogP contribution in [0, 0.1) is 11.7 Å². The Morgan fingerprint density at radius 2 is 1.67 bits per heavy atom. The predicted octanol–water partition coefficient (Wildman–Crippen LogP) is 3.51. The van der Waals surface area contributed by atoms with Gasteiger partial charge in [0.05, 0.1) is 5.92 Å². The van der Waals surface area contributed by atoms with Crippen LogP contribution < -0.4 is 0 Å². The standard InChI is InChI=1S/C24H30FN5O3/c25-20-7-3-5-18(15-20)21-26-22(33-27-21)19-6-4-12-30(16-19)23(31)17-8-13-29(14-9-17)24(32)28-10-1-2-11-28/h3,5,7,15,17,19H,1-2,4,6,8-14,16H2. The monoisotopic (exact) mass is 455 g/mol. The van der Waals surface area contributed by atoms with Gasteiger partial charge in [0.25, 0.3) is 0 Å². The lowest BCUT2D eigenvalue weighted by atomic mass is 9.92. The van der Waals surface area contributed by atoms with E-state index in [9.17, 15) is 14.0 Å². The van der Waals surface area contributed by atoms with Crippen LogP contribution in [0.2, 0.25) is 0 Å². The Morgan fingerprint density at radius 1 is 0.939 bits per heavy atom. The molecule has 176 valence electrons. The number of aromatic nitrogens is 2. The maximum absolute atomic E-state index is 13.5. The third kappa shape index (κ3) is 4.72. The lowest BCUT2D eigenvalue weighted by Crippen LogP contribution is -2.49. The third-order valence-electron chi connectivity index (χ3n) is 7.10. The van der Waals surface area contributed by atoms with Crippen LogP contribution in [-0.2, 0) is 4.79 Å². The highest BCUT2D eigenvalue weighted by molar-refractivity contribution is 5.80. The molecular weight excluding hydrogens is 425 g/mol. The summed E-state index contributed by atoms with van der Waals surface area (Å²) in [6.07, 6.45) is 5.34. The molecule has 2 aromatic rings. The number of amides is 3. The lowest BCUT2D eigenvalue weighted by molar-refractivity contribution is -0.138. The molecule has 3 fully saturated rings. The van der Waals surface area contributed by atoms with E-state index in [1.807, 2.05) is 14.7 Å². The number of carbonyl (C=O) groups excluding carboxylic acids is 2. The van der Waals surface area contributed by atoms with Gasteiger partial charge in [-0.25, -0.2) is 9.18 Å². The molecule has 1 aromatic heterocycles. The molecule has 33 heavy (non-hydrogen) atoms. The number of benzene rings is 1. The zero-order valence-electron chi connectivity index (χ0n) is 18.8. The van der Waals surface area contributed by atoms with Gasteiger partial charge in [-0.05, 0) is 50.7 Å². The van der Waals surface area contributed by atoms with Crippen molar-refractivity contribution >= 4 is 11.9 Å². The van der Waals surface area contributed by atoms with E-state index in [1.54, 1.807) is 12.1 Å². The molecule has 3 amide bonds. The molecule has 3 aliphatic rings. The fourth-order valence-electron chi connectivity index (χ4n) is 5.21. The van der Waals surface area contributed by atoms with Crippen molar-refractivity contribution in [1.29, 1.82) is 0 Å². The van der Waals surface area contributed by atoms with Gasteiger partial charge in [-0.1, -0.05) is 17.3 Å². The maximum atomic E-state index is 13.5. The van der Waals surface area contributed by atoms with Gasteiger partial charge < -0.3 is 19.2 Å². The first kappa shape index (κ1) is 21.9. The van der Waals surface area contributed by atoms with Gasteiger partial charge >= 0.3 is 6.03 Å². The topological polar surface area (TPSA) is 82.8 Å². The molecular formula is C24H30FN5O3. The molecule has 3 saturated heterocycles. The summed E-state index contributed by atoms with van der Waals surface area (Å²) in [5, 5.41) is 4.02. The second-order valence-corrected chi connectivity index (χ2v) is 9.33. The van der Waals surface area contributed by atoms with Gasteiger partial charge in [-0.2, -0.15) is 4.98 Å². The maximum Gasteiger partial charge on any atom is 0.319 e. The van der Waals surface area contributed by atoms with Crippen molar-refractivity contribution < 1.29 is 18.5 Å². The molecule has 9 heteroatoms. The Balaban J connectivity index is 1.17. The van der Waals surface area contributed by atoms with Crippen LogP contribution in [0.5, 0.6) is 0 Å². The van der Waals surface area contributed by atoms with E-state index in [1.165, 1.54) is 12.1 Å². The van der Waals surface area contributed by atoms with Gasteiger partial charge in [-0.15, -0.1) is 0 Å². The van der Waals surface area contributed by atoms with Crippen molar-refractivity contribution in [1.82, 2.24) is 24.8 Å². The van der Waals surface area contributed by atoms with E-state index >= 15 is 0 Å². The van der Waals surface area contributed by atoms with Crippen LogP contribution >= 0.6 is 0 Å². The summed E-state index contributed by atoms with van der Waals surface area (Å²) in [6.45, 7) is 4.27. The summed E-state index contributed by atoms with van der Waals surface area (Å²) in [6, 6.07) is 6.25. The van der Waals surface area contributed by atoms with Gasteiger partial charge in [0, 0.05) is 50.7 Å². The molecule has 1 aromatic carbocycles. The quantitative estimate of drug-likeness (QED) is 0.707. The number of carbonyl (C=O) groups is 2. The average Bonchev–Trinajstić information content (AvgIpc) is 3.56. The summed E-state index contributed by atoms with van der Waals surface area (Å²) in [5.74, 6) is 0.617. The Bertz CT molecular complexity index is 997. The number of rotatable bonds is 3. The van der Waals surface area contributed by atoms with Gasteiger partial charge in [-0.3, -0.25) is 4.79 Å². The fourth-order valence-corrected chi connectivity index (χ4v) is 5.21. The van der Waals surface area contributed by atoms with E-state index in [0.29, 0.717) is 49.8 Å². The number of nitrogens with zero attached hydrogens (tertiary/aromatic N) is 5. The number of likely N-dealkylation sites (tertiary alicyclic amines) is 3. The van der Waals surface area contributed by atoms with Gasteiger partial charge in [0.15, 0.2) is 0 Å². The van der Waals surface area contributed by atoms with E-state index in [-0.39, 0.29) is 29.6 Å². The molecule has 0 bridgehead atoms. The largest absolute Gasteiger partial charge is 0.342 e. The van der Waals surface area contributed by atoms with Crippen LogP contribution in [0.3, 0.4) is 0 Å². The van der Waals surface area contributed by atoms with Crippen molar-refractivity contribution in [3.63, 3.8) is 0 Å². The molecule has 5 rings (SSSR count). The predicted molar refractivity (Wildman–Crippen MR) is 119 cm³/mol. The Labute approximate surface area is 192 Å². The summed E-state index contributed by atoms with van der Waals surface area (Å²) in [7, 11) is 0. The summed E-state index contributed by atoms with van der Waals surface area (Å²) < 4.78 is 19.0. The van der Waals surface area contributed by atoms with Crippen molar-refractivity contribution in [2.75, 3.05) is 39.3 Å². The normalized spacial score (nSPS) is 22.1. The van der Waals surface area contributed by atoms with Crippen molar-refractivity contribution in [2.24, 2.45) is 5.92 Å². The van der Waals surface area contributed by atoms with Crippen LogP contribution in [-0.4, -0.2) is 76.0 Å². The minimum atomic E-state index is -0.346. The molecule has 0 aliphatic carbocycles. The Morgan fingerprint density at radius 3 is 2.42 bits per heavy atom. The lowest BCUT2D eigenvalue weighted by Gasteiger charge is -2.38. The minimum Gasteiger partial charge on any atom is -0.342 e. The summed E-state index contributed by atoms with van der Waals surface area (Å²) >= 11 is 0. The molecule has 4 heterocycles. The van der Waals surface area contributed by atoms with E-state index in [2.05, 4.69) is 10.1 Å². The Kier molecular flexibility index (Phi) is 6.28. The zero-order chi connectivity index (χ0) is 22.8. The Hall–Kier alpha value is -2.97. The fraction of sp³-hybridized carbons (Fsp3) is 0.583. The SMILES string of the molecule is O=C(C1CCN(C(=O)N2CCCC2)CC1)N1CCCC(c2nc(-c3cccc(F)c3)no2)C1. The number of halogens is 1. The molecule has 3 aliphatic heterocycles. The number of urea groups is 1. The zero-order valence-corrected chi connectivity index (χ0v) is 18.8. The highest BCUT2D eigenvalue weighted by Gasteiger charge is 2.35. The van der Waals surface area contributed by atoms with Crippen molar-refractivity contribution in [3.05, 3.63) is 36.0 Å². The number of hydrogen-bond donors (Lipinski definition) is 0. The van der Waals surface area contributed by atoms with Crippen LogP contribution in [0.4, 0.5) is 9.18 Å². The number of hydrogen-bond acceptors (Lipinski definition) is 5. The molecule has 1 atom stereocenters. The first-order chi connectivity index (χ1) is 16.1.